The van der Waals surface area contributed by atoms with Crippen molar-refractivity contribution >= 4 is 28.9 Å². The Morgan fingerprint density at radius 3 is 3.12 bits per heavy atom. The molecule has 0 unspecified atom stereocenters. The van der Waals surface area contributed by atoms with E-state index in [1.165, 1.54) is 17.7 Å². The fourth-order valence-electron chi connectivity index (χ4n) is 2.85. The quantitative estimate of drug-likeness (QED) is 0.756. The van der Waals surface area contributed by atoms with Crippen LogP contribution in [0.3, 0.4) is 0 Å². The van der Waals surface area contributed by atoms with Crippen molar-refractivity contribution in [3.8, 4) is 0 Å². The summed E-state index contributed by atoms with van der Waals surface area (Å²) in [5, 5.41) is 20.3. The number of rotatable bonds is 5. The van der Waals surface area contributed by atoms with Crippen LogP contribution in [-0.4, -0.2) is 53.3 Å². The van der Waals surface area contributed by atoms with E-state index in [0.717, 1.165) is 24.6 Å². The fraction of sp³-hybridized carbons (Fsp3) is 0.438. The van der Waals surface area contributed by atoms with Gasteiger partial charge in [0, 0.05) is 43.7 Å². The largest absolute Gasteiger partial charge is 0.386 e. The van der Waals surface area contributed by atoms with Gasteiger partial charge in [0.05, 0.1) is 5.60 Å². The van der Waals surface area contributed by atoms with Gasteiger partial charge in [-0.3, -0.25) is 4.79 Å². The summed E-state index contributed by atoms with van der Waals surface area (Å²) >= 11 is 1.48. The molecule has 0 aromatic carbocycles. The summed E-state index contributed by atoms with van der Waals surface area (Å²) in [5.41, 5.74) is -0.333. The Labute approximate surface area is 144 Å². The molecule has 24 heavy (non-hydrogen) atoms. The number of carbonyl (C=O) groups is 1. The van der Waals surface area contributed by atoms with Gasteiger partial charge in [-0.15, -0.1) is 0 Å². The van der Waals surface area contributed by atoms with Crippen LogP contribution in [0, 0.1) is 0 Å². The van der Waals surface area contributed by atoms with Crippen LogP contribution in [-0.2, 0) is 0 Å². The van der Waals surface area contributed by atoms with E-state index >= 15 is 0 Å². The lowest BCUT2D eigenvalue weighted by Crippen LogP contribution is -2.54. The molecule has 3 rings (SSSR count). The Bertz CT molecular complexity index is 694. The summed E-state index contributed by atoms with van der Waals surface area (Å²) in [4.78, 5) is 22.5. The first-order valence-corrected chi connectivity index (χ1v) is 8.81. The number of nitrogens with zero attached hydrogens (tertiary/aromatic N) is 3. The third kappa shape index (κ3) is 3.82. The average Bonchev–Trinajstić information content (AvgIpc) is 3.14. The van der Waals surface area contributed by atoms with Crippen molar-refractivity contribution in [3.05, 3.63) is 34.8 Å². The van der Waals surface area contributed by atoms with Gasteiger partial charge >= 0.3 is 0 Å². The monoisotopic (exact) mass is 347 g/mol. The molecule has 2 aromatic heterocycles. The highest BCUT2D eigenvalue weighted by Gasteiger charge is 2.34. The molecule has 3 N–H and O–H groups in total. The first-order valence-electron chi connectivity index (χ1n) is 7.87. The Kier molecular flexibility index (Phi) is 4.96. The minimum atomic E-state index is -0.964. The molecule has 1 fully saturated rings. The molecule has 0 radical (unpaired) electrons. The number of thiophene rings is 1. The first kappa shape index (κ1) is 16.7. The van der Waals surface area contributed by atoms with Crippen molar-refractivity contribution in [2.75, 3.05) is 36.9 Å². The summed E-state index contributed by atoms with van der Waals surface area (Å²) < 4.78 is 0. The molecule has 8 heteroatoms. The second-order valence-corrected chi connectivity index (χ2v) is 6.74. The van der Waals surface area contributed by atoms with Crippen molar-refractivity contribution in [1.82, 2.24) is 15.3 Å². The van der Waals surface area contributed by atoms with E-state index in [0.29, 0.717) is 18.5 Å². The Morgan fingerprint density at radius 1 is 1.50 bits per heavy atom. The normalized spacial score (nSPS) is 20.7. The van der Waals surface area contributed by atoms with Crippen LogP contribution >= 0.6 is 11.3 Å². The molecular formula is C16H21N5O2S. The van der Waals surface area contributed by atoms with Crippen LogP contribution in [0.25, 0.3) is 0 Å². The van der Waals surface area contributed by atoms with Crippen LogP contribution in [0.15, 0.2) is 29.2 Å². The fourth-order valence-corrected chi connectivity index (χ4v) is 3.49. The van der Waals surface area contributed by atoms with Gasteiger partial charge in [0.2, 0.25) is 0 Å². The Balaban J connectivity index is 1.64. The SMILES string of the molecule is CNc1cc(N2CCC[C@@](O)(CNC(=O)c3ccsc3)C2)ncn1. The van der Waals surface area contributed by atoms with Crippen molar-refractivity contribution in [3.63, 3.8) is 0 Å². The van der Waals surface area contributed by atoms with E-state index in [9.17, 15) is 9.90 Å². The molecule has 2 aromatic rings. The predicted molar refractivity (Wildman–Crippen MR) is 94.6 cm³/mol. The topological polar surface area (TPSA) is 90.4 Å². The molecular weight excluding hydrogens is 326 g/mol. The van der Waals surface area contributed by atoms with E-state index in [2.05, 4.69) is 20.6 Å². The molecule has 1 amide bonds. The molecule has 1 saturated heterocycles. The molecule has 7 nitrogen and oxygen atoms in total. The maximum atomic E-state index is 12.1. The number of nitrogens with one attached hydrogen (secondary N) is 2. The molecule has 1 aliphatic heterocycles. The molecule has 0 bridgehead atoms. The van der Waals surface area contributed by atoms with Gasteiger partial charge in [0.1, 0.15) is 18.0 Å². The maximum absolute atomic E-state index is 12.1. The molecule has 1 aliphatic rings. The van der Waals surface area contributed by atoms with Gasteiger partial charge < -0.3 is 20.6 Å². The van der Waals surface area contributed by atoms with Crippen molar-refractivity contribution < 1.29 is 9.90 Å². The third-order valence-electron chi connectivity index (χ3n) is 4.15. The summed E-state index contributed by atoms with van der Waals surface area (Å²) in [6, 6.07) is 3.63. The predicted octanol–water partition coefficient (Wildman–Crippen LogP) is 1.34. The zero-order valence-corrected chi connectivity index (χ0v) is 14.3. The highest BCUT2D eigenvalue weighted by molar-refractivity contribution is 7.08. The molecule has 0 spiro atoms. The summed E-state index contributed by atoms with van der Waals surface area (Å²) in [6.07, 6.45) is 2.99. The minimum absolute atomic E-state index is 0.152. The third-order valence-corrected chi connectivity index (χ3v) is 4.83. The summed E-state index contributed by atoms with van der Waals surface area (Å²) in [6.45, 7) is 1.47. The molecule has 0 aliphatic carbocycles. The number of β-amino-alcohol motifs (C(OH)–C–C–N with tert-alkyl or cyclic N) is 1. The van der Waals surface area contributed by atoms with Gasteiger partial charge in [-0.1, -0.05) is 0 Å². The highest BCUT2D eigenvalue weighted by Crippen LogP contribution is 2.25. The number of aliphatic hydroxyl groups is 1. The minimum Gasteiger partial charge on any atom is -0.386 e. The molecule has 128 valence electrons. The number of anilines is 2. The Morgan fingerprint density at radius 2 is 2.38 bits per heavy atom. The first-order chi connectivity index (χ1) is 11.6. The number of hydrogen-bond acceptors (Lipinski definition) is 7. The zero-order valence-electron chi connectivity index (χ0n) is 13.5. The van der Waals surface area contributed by atoms with Crippen LogP contribution in [0.2, 0.25) is 0 Å². The average molecular weight is 347 g/mol. The van der Waals surface area contributed by atoms with E-state index < -0.39 is 5.60 Å². The van der Waals surface area contributed by atoms with Crippen LogP contribution < -0.4 is 15.5 Å². The van der Waals surface area contributed by atoms with E-state index in [1.54, 1.807) is 18.5 Å². The van der Waals surface area contributed by atoms with Crippen molar-refractivity contribution in [1.29, 1.82) is 0 Å². The van der Waals surface area contributed by atoms with Gasteiger partial charge in [0.15, 0.2) is 0 Å². The number of hydrogen-bond donors (Lipinski definition) is 3. The lowest BCUT2D eigenvalue weighted by Gasteiger charge is -2.39. The van der Waals surface area contributed by atoms with Gasteiger partial charge in [0.25, 0.3) is 5.91 Å². The Hall–Kier alpha value is -2.19. The van der Waals surface area contributed by atoms with E-state index in [1.807, 2.05) is 16.3 Å². The lowest BCUT2D eigenvalue weighted by molar-refractivity contribution is 0.0254. The van der Waals surface area contributed by atoms with Crippen molar-refractivity contribution in [2.24, 2.45) is 0 Å². The van der Waals surface area contributed by atoms with Gasteiger partial charge in [-0.25, -0.2) is 9.97 Å². The van der Waals surface area contributed by atoms with Crippen LogP contribution in [0.5, 0.6) is 0 Å². The molecule has 0 saturated carbocycles. The second-order valence-electron chi connectivity index (χ2n) is 5.96. The smallest absolute Gasteiger partial charge is 0.252 e. The van der Waals surface area contributed by atoms with Gasteiger partial charge in [-0.2, -0.15) is 11.3 Å². The number of aromatic nitrogens is 2. The number of carbonyl (C=O) groups excluding carboxylic acids is 1. The zero-order chi connectivity index (χ0) is 17.0. The second kappa shape index (κ2) is 7.14. The standard InChI is InChI=1S/C16H21N5O2S/c1-17-13-7-14(20-11-19-13)21-5-2-4-16(23,10-21)9-18-15(22)12-3-6-24-8-12/h3,6-8,11,23H,2,4-5,9-10H2,1H3,(H,18,22)(H,17,19,20)/t16-/m1/s1. The maximum Gasteiger partial charge on any atom is 0.252 e. The summed E-state index contributed by atoms with van der Waals surface area (Å²) in [7, 11) is 1.80. The lowest BCUT2D eigenvalue weighted by atomic mass is 9.92. The summed E-state index contributed by atoms with van der Waals surface area (Å²) in [5.74, 6) is 1.36. The number of piperidine rings is 1. The van der Waals surface area contributed by atoms with E-state index in [-0.39, 0.29) is 12.5 Å². The van der Waals surface area contributed by atoms with E-state index in [4.69, 9.17) is 0 Å². The number of amides is 1. The van der Waals surface area contributed by atoms with Gasteiger partial charge in [-0.05, 0) is 24.3 Å². The van der Waals surface area contributed by atoms with Crippen LogP contribution in [0.1, 0.15) is 23.2 Å². The van der Waals surface area contributed by atoms with Crippen LogP contribution in [0.4, 0.5) is 11.6 Å². The molecule has 1 atom stereocenters. The highest BCUT2D eigenvalue weighted by atomic mass is 32.1. The van der Waals surface area contributed by atoms with Crippen molar-refractivity contribution in [2.45, 2.75) is 18.4 Å². The molecule has 3 heterocycles.